The highest BCUT2D eigenvalue weighted by Gasteiger charge is 2.49. The molecule has 0 N–H and O–H groups in total. The summed E-state index contributed by atoms with van der Waals surface area (Å²) in [6, 6.07) is 15.3. The van der Waals surface area contributed by atoms with Gasteiger partial charge in [-0.25, -0.2) is 14.8 Å². The number of nitrogens with zero attached hydrogens (tertiary/aromatic N) is 8. The molecule has 2 aromatic carbocycles. The van der Waals surface area contributed by atoms with E-state index in [4.69, 9.17) is 14.7 Å². The topological polar surface area (TPSA) is 92.1 Å². The molecule has 3 heterocycles. The number of piperazine rings is 1. The summed E-state index contributed by atoms with van der Waals surface area (Å²) in [6.07, 6.45) is 7.01. The monoisotopic (exact) mass is 720 g/mol. The minimum atomic E-state index is -0.597. The lowest BCUT2D eigenvalue weighted by Crippen LogP contribution is -2.56. The van der Waals surface area contributed by atoms with Crippen LogP contribution in [0.2, 0.25) is 0 Å². The van der Waals surface area contributed by atoms with E-state index in [-0.39, 0.29) is 18.6 Å². The van der Waals surface area contributed by atoms with Crippen molar-refractivity contribution in [2.24, 2.45) is 11.3 Å². The number of nitriles is 1. The Kier molecular flexibility index (Phi) is 10.6. The molecule has 3 unspecified atom stereocenters. The Hall–Kier alpha value is -3.94. The smallest absolute Gasteiger partial charge is 0.410 e. The Morgan fingerprint density at radius 3 is 2.47 bits per heavy atom. The lowest BCUT2D eigenvalue weighted by Gasteiger charge is -2.43. The van der Waals surface area contributed by atoms with Crippen molar-refractivity contribution in [3.05, 3.63) is 59.0 Å². The number of anilines is 2. The summed E-state index contributed by atoms with van der Waals surface area (Å²) < 4.78 is 5.78. The van der Waals surface area contributed by atoms with Crippen LogP contribution >= 0.6 is 0 Å². The molecule has 7 rings (SSSR count). The molecule has 0 spiro atoms. The zero-order valence-corrected chi connectivity index (χ0v) is 33.2. The maximum atomic E-state index is 13.3. The standard InChI is InChI=1S/C43H60N8O2/c1-30-10-8-11-31-12-9-13-37(38(30)31)49-21-17-35-36(28-49)45-39(34-15-14-32(34)26-43(18-19-43)29-48(7)23-22-47(5)6)46-40(35)50-24-25-51(33(27-50)16-20-44)41(52)53-42(2,3)4/h8-13,32-34H,14-19,21-29H2,1-7H3. The second-order valence-corrected chi connectivity index (χ2v) is 17.8. The molecule has 3 atom stereocenters. The molecule has 1 saturated heterocycles. The van der Waals surface area contributed by atoms with Crippen LogP contribution in [0.4, 0.5) is 16.3 Å². The summed E-state index contributed by atoms with van der Waals surface area (Å²) in [4.78, 5) is 35.7. The van der Waals surface area contributed by atoms with Crippen LogP contribution in [-0.4, -0.2) is 109 Å². The van der Waals surface area contributed by atoms with Gasteiger partial charge in [0.1, 0.15) is 17.2 Å². The van der Waals surface area contributed by atoms with Crippen molar-refractivity contribution in [1.29, 1.82) is 5.26 Å². The number of carbonyl (C=O) groups is 1. The minimum absolute atomic E-state index is 0.250. The number of hydrogen-bond acceptors (Lipinski definition) is 9. The molecule has 2 aliphatic carbocycles. The SMILES string of the molecule is Cc1cccc2cccc(N3CCc4c(nc(C5CCC5CC5(CN(C)CCN(C)C)CC5)nc4N4CCN(C(=O)OC(C)(C)C)C(CC#N)C4)C3)c12. The van der Waals surface area contributed by atoms with Crippen LogP contribution in [0.5, 0.6) is 0 Å². The van der Waals surface area contributed by atoms with Gasteiger partial charge in [-0.2, -0.15) is 5.26 Å². The molecular formula is C43H60N8O2. The fraction of sp³-hybridized carbons (Fsp3) is 0.628. The second-order valence-electron chi connectivity index (χ2n) is 17.8. The number of carbonyl (C=O) groups excluding carboxylic acids is 1. The summed E-state index contributed by atoms with van der Waals surface area (Å²) in [6.45, 7) is 14.5. The normalized spacial score (nSPS) is 22.5. The van der Waals surface area contributed by atoms with Gasteiger partial charge in [0.05, 0.1) is 30.8 Å². The van der Waals surface area contributed by atoms with Crippen molar-refractivity contribution in [2.45, 2.75) is 96.7 Å². The van der Waals surface area contributed by atoms with Crippen LogP contribution in [0.25, 0.3) is 10.8 Å². The quantitative estimate of drug-likeness (QED) is 0.208. The van der Waals surface area contributed by atoms with E-state index in [1.165, 1.54) is 59.8 Å². The van der Waals surface area contributed by atoms with Gasteiger partial charge in [-0.05, 0) is 116 Å². The molecule has 4 aliphatic rings. The number of ether oxygens (including phenoxy) is 1. The zero-order valence-electron chi connectivity index (χ0n) is 33.2. The number of likely N-dealkylation sites (N-methyl/N-ethyl adjacent to an activating group) is 2. The van der Waals surface area contributed by atoms with E-state index in [1.807, 2.05) is 20.8 Å². The van der Waals surface area contributed by atoms with E-state index in [1.54, 1.807) is 4.90 Å². The largest absolute Gasteiger partial charge is 0.444 e. The van der Waals surface area contributed by atoms with E-state index in [0.717, 1.165) is 56.4 Å². The summed E-state index contributed by atoms with van der Waals surface area (Å²) in [5, 5.41) is 12.4. The van der Waals surface area contributed by atoms with Gasteiger partial charge in [-0.15, -0.1) is 0 Å². The van der Waals surface area contributed by atoms with E-state index in [2.05, 4.69) is 90.1 Å². The number of fused-ring (bicyclic) bond motifs is 2. The Balaban J connectivity index is 1.18. The van der Waals surface area contributed by atoms with Crippen LogP contribution in [0.1, 0.15) is 87.9 Å². The van der Waals surface area contributed by atoms with E-state index in [9.17, 15) is 10.1 Å². The lowest BCUT2D eigenvalue weighted by atomic mass is 9.68. The van der Waals surface area contributed by atoms with Crippen molar-refractivity contribution >= 4 is 28.4 Å². The van der Waals surface area contributed by atoms with E-state index < -0.39 is 5.60 Å². The van der Waals surface area contributed by atoms with Crippen molar-refractivity contribution in [3.8, 4) is 6.07 Å². The Morgan fingerprint density at radius 2 is 1.79 bits per heavy atom. The third kappa shape index (κ3) is 8.27. The molecule has 1 amide bonds. The summed E-state index contributed by atoms with van der Waals surface area (Å²) in [5.41, 5.74) is 4.73. The Morgan fingerprint density at radius 1 is 1.02 bits per heavy atom. The number of amides is 1. The van der Waals surface area contributed by atoms with Crippen LogP contribution in [-0.2, 0) is 17.7 Å². The molecular weight excluding hydrogens is 661 g/mol. The molecule has 0 radical (unpaired) electrons. The fourth-order valence-corrected chi connectivity index (χ4v) is 9.06. The summed E-state index contributed by atoms with van der Waals surface area (Å²) >= 11 is 0. The second kappa shape index (κ2) is 15.1. The number of rotatable bonds is 11. The van der Waals surface area contributed by atoms with Crippen LogP contribution in [0.15, 0.2) is 36.4 Å². The first kappa shape index (κ1) is 37.4. The molecule has 0 bridgehead atoms. The Bertz CT molecular complexity index is 1840. The van der Waals surface area contributed by atoms with E-state index >= 15 is 0 Å². The van der Waals surface area contributed by atoms with Gasteiger partial charge in [0.2, 0.25) is 0 Å². The van der Waals surface area contributed by atoms with E-state index in [0.29, 0.717) is 36.9 Å². The van der Waals surface area contributed by atoms with Gasteiger partial charge >= 0.3 is 6.09 Å². The molecule has 284 valence electrons. The molecule has 3 fully saturated rings. The van der Waals surface area contributed by atoms with Crippen LogP contribution in [0.3, 0.4) is 0 Å². The molecule has 2 saturated carbocycles. The maximum absolute atomic E-state index is 13.3. The zero-order chi connectivity index (χ0) is 37.5. The van der Waals surface area contributed by atoms with Gasteiger partial charge < -0.3 is 29.2 Å². The minimum Gasteiger partial charge on any atom is -0.444 e. The van der Waals surface area contributed by atoms with Gasteiger partial charge in [0.15, 0.2) is 0 Å². The van der Waals surface area contributed by atoms with Crippen molar-refractivity contribution in [2.75, 3.05) is 76.8 Å². The lowest BCUT2D eigenvalue weighted by molar-refractivity contribution is 0.0144. The average molecular weight is 721 g/mol. The first-order chi connectivity index (χ1) is 25.3. The summed E-state index contributed by atoms with van der Waals surface area (Å²) in [5.74, 6) is 2.97. The summed E-state index contributed by atoms with van der Waals surface area (Å²) in [7, 11) is 6.59. The highest BCUT2D eigenvalue weighted by molar-refractivity contribution is 5.97. The van der Waals surface area contributed by atoms with Gasteiger partial charge in [0, 0.05) is 68.4 Å². The third-order valence-electron chi connectivity index (χ3n) is 12.2. The van der Waals surface area contributed by atoms with Crippen LogP contribution < -0.4 is 9.80 Å². The van der Waals surface area contributed by atoms with Crippen molar-refractivity contribution in [1.82, 2.24) is 24.7 Å². The molecule has 10 nitrogen and oxygen atoms in total. The predicted octanol–water partition coefficient (Wildman–Crippen LogP) is 7.00. The molecule has 1 aromatic heterocycles. The number of aromatic nitrogens is 2. The fourth-order valence-electron chi connectivity index (χ4n) is 9.06. The first-order valence-corrected chi connectivity index (χ1v) is 19.9. The molecule has 53 heavy (non-hydrogen) atoms. The van der Waals surface area contributed by atoms with Crippen LogP contribution in [0, 0.1) is 29.6 Å². The number of aryl methyl sites for hydroxylation is 1. The molecule has 3 aromatic rings. The highest BCUT2D eigenvalue weighted by atomic mass is 16.6. The maximum Gasteiger partial charge on any atom is 0.410 e. The van der Waals surface area contributed by atoms with Gasteiger partial charge in [0.25, 0.3) is 0 Å². The number of benzene rings is 2. The van der Waals surface area contributed by atoms with Gasteiger partial charge in [-0.1, -0.05) is 30.3 Å². The van der Waals surface area contributed by atoms with Gasteiger partial charge in [-0.3, -0.25) is 0 Å². The Labute approximate surface area is 317 Å². The van der Waals surface area contributed by atoms with Crippen molar-refractivity contribution in [3.63, 3.8) is 0 Å². The average Bonchev–Trinajstić information content (AvgIpc) is 3.86. The van der Waals surface area contributed by atoms with Crippen molar-refractivity contribution < 1.29 is 9.53 Å². The molecule has 2 aliphatic heterocycles. The first-order valence-electron chi connectivity index (χ1n) is 19.9. The highest BCUT2D eigenvalue weighted by Crippen LogP contribution is 2.57. The number of hydrogen-bond donors (Lipinski definition) is 0. The third-order valence-corrected chi connectivity index (χ3v) is 12.2. The molecule has 10 heteroatoms. The predicted molar refractivity (Wildman–Crippen MR) is 212 cm³/mol.